The zero-order valence-corrected chi connectivity index (χ0v) is 17.0. The van der Waals surface area contributed by atoms with Gasteiger partial charge >= 0.3 is 0 Å². The molecule has 2 aromatic heterocycles. The van der Waals surface area contributed by atoms with Gasteiger partial charge in [-0.05, 0) is 42.9 Å². The van der Waals surface area contributed by atoms with Crippen LogP contribution in [-0.4, -0.2) is 30.0 Å². The number of thiazole rings is 1. The summed E-state index contributed by atoms with van der Waals surface area (Å²) in [4.78, 5) is 8.89. The number of nitrogens with zero attached hydrogens (tertiary/aromatic N) is 3. The Hall–Kier alpha value is -2.75. The number of nitrogens with one attached hydrogen (secondary N) is 2. The van der Waals surface area contributed by atoms with Gasteiger partial charge in [-0.2, -0.15) is 0 Å². The lowest BCUT2D eigenvalue weighted by atomic mass is 10.1. The molecule has 0 aliphatic carbocycles. The molecule has 9 heteroatoms. The van der Waals surface area contributed by atoms with Gasteiger partial charge in [0.25, 0.3) is 0 Å². The molecular weight excluding hydrogens is 394 g/mol. The third kappa shape index (κ3) is 3.64. The quantitative estimate of drug-likeness (QED) is 0.499. The van der Waals surface area contributed by atoms with Crippen LogP contribution < -0.4 is 10.0 Å². The van der Waals surface area contributed by atoms with Crippen LogP contribution in [0.15, 0.2) is 59.3 Å². The minimum absolute atomic E-state index is 0. The van der Waals surface area contributed by atoms with Gasteiger partial charge in [-0.1, -0.05) is 6.07 Å². The minimum Gasteiger partial charge on any atom is -0.380 e. The van der Waals surface area contributed by atoms with Gasteiger partial charge in [0.1, 0.15) is 0 Å². The summed E-state index contributed by atoms with van der Waals surface area (Å²) in [5.41, 5.74) is 6.20. The van der Waals surface area contributed by atoms with E-state index in [2.05, 4.69) is 26.1 Å². The van der Waals surface area contributed by atoms with E-state index in [4.69, 9.17) is 0 Å². The molecule has 0 aliphatic heterocycles. The van der Waals surface area contributed by atoms with Gasteiger partial charge in [-0.15, -0.1) is 11.3 Å². The molecule has 0 atom stereocenters. The second-order valence-electron chi connectivity index (χ2n) is 6.35. The predicted molar refractivity (Wildman–Crippen MR) is 116 cm³/mol. The number of aryl methyl sites for hydroxylation is 1. The summed E-state index contributed by atoms with van der Waals surface area (Å²) in [6.45, 7) is 0.603. The second-order valence-corrected chi connectivity index (χ2v) is 9.12. The Balaban J connectivity index is 0.00000160. The van der Waals surface area contributed by atoms with Crippen molar-refractivity contribution in [3.05, 3.63) is 60.0 Å². The summed E-state index contributed by atoms with van der Waals surface area (Å²) in [5.74, 6) is 0. The van der Waals surface area contributed by atoms with Crippen molar-refractivity contribution in [3.63, 3.8) is 0 Å². The number of anilines is 1. The summed E-state index contributed by atoms with van der Waals surface area (Å²) >= 11 is 1.61. The lowest BCUT2D eigenvalue weighted by molar-refractivity contribution is 0.588. The number of fused-ring (bicyclic) bond motifs is 1. The molecule has 4 aromatic rings. The third-order valence-electron chi connectivity index (χ3n) is 4.43. The van der Waals surface area contributed by atoms with Gasteiger partial charge in [-0.25, -0.2) is 23.1 Å². The summed E-state index contributed by atoms with van der Waals surface area (Å²) in [5, 5.41) is 3.41. The minimum atomic E-state index is -3.54. The number of hydrogen-bond donors (Lipinski definition) is 2. The smallest absolute Gasteiger partial charge is 0.240 e. The van der Waals surface area contributed by atoms with Crippen molar-refractivity contribution in [2.24, 2.45) is 7.05 Å². The molecule has 28 heavy (non-hydrogen) atoms. The van der Waals surface area contributed by atoms with Crippen LogP contribution in [0, 0.1) is 0 Å². The standard InChI is InChI=1S/C19H19N5O2S2.2H2/c1-20-28(25,26)14-4-6-16(15(8-14)18-10-24(2)11-22-18)21-9-13-3-5-17-19(7-13)27-12-23-17;;/h3-8,10-12,20-21H,9H2,1-2H3;2*1H. The average molecular weight is 418 g/mol. The second kappa shape index (κ2) is 7.34. The molecule has 2 N–H and O–H groups in total. The van der Waals surface area contributed by atoms with E-state index in [1.165, 1.54) is 7.05 Å². The lowest BCUT2D eigenvalue weighted by Crippen LogP contribution is -2.18. The molecular formula is C19H23N5O2S2. The molecule has 0 fully saturated rings. The van der Waals surface area contributed by atoms with E-state index in [9.17, 15) is 8.42 Å². The van der Waals surface area contributed by atoms with Crippen LogP contribution in [0.25, 0.3) is 21.5 Å². The maximum atomic E-state index is 12.2. The summed E-state index contributed by atoms with van der Waals surface area (Å²) in [7, 11) is -0.264. The van der Waals surface area contributed by atoms with Crippen molar-refractivity contribution in [1.82, 2.24) is 19.3 Å². The molecule has 2 aromatic carbocycles. The highest BCUT2D eigenvalue weighted by molar-refractivity contribution is 7.89. The van der Waals surface area contributed by atoms with Crippen molar-refractivity contribution < 1.29 is 11.3 Å². The van der Waals surface area contributed by atoms with E-state index in [0.29, 0.717) is 12.2 Å². The molecule has 0 spiro atoms. The highest BCUT2D eigenvalue weighted by atomic mass is 32.2. The summed E-state index contributed by atoms with van der Waals surface area (Å²) in [6.07, 6.45) is 3.55. The van der Waals surface area contributed by atoms with Gasteiger partial charge in [-0.3, -0.25) is 0 Å². The third-order valence-corrected chi connectivity index (χ3v) is 6.63. The molecule has 4 rings (SSSR count). The number of imidazole rings is 1. The Kier molecular flexibility index (Phi) is 4.88. The monoisotopic (exact) mass is 417 g/mol. The maximum Gasteiger partial charge on any atom is 0.240 e. The molecule has 0 unspecified atom stereocenters. The number of sulfonamides is 1. The largest absolute Gasteiger partial charge is 0.380 e. The van der Waals surface area contributed by atoms with Crippen molar-refractivity contribution in [1.29, 1.82) is 0 Å². The topological polar surface area (TPSA) is 88.9 Å². The Bertz CT molecular complexity index is 1250. The van der Waals surface area contributed by atoms with Crippen LogP contribution in [0.5, 0.6) is 0 Å². The van der Waals surface area contributed by atoms with E-state index in [0.717, 1.165) is 27.0 Å². The fraction of sp³-hybridized carbons (Fsp3) is 0.158. The zero-order chi connectivity index (χ0) is 19.7. The number of benzene rings is 2. The fourth-order valence-electron chi connectivity index (χ4n) is 2.93. The number of rotatable bonds is 6. The SMILES string of the molecule is CNS(=O)(=O)c1ccc(NCc2ccc3ncsc3c2)c(-c2cn(C)cn2)c1.[HH].[HH]. The first kappa shape index (κ1) is 18.6. The van der Waals surface area contributed by atoms with Gasteiger partial charge in [0.05, 0.1) is 32.6 Å². The van der Waals surface area contributed by atoms with Gasteiger partial charge < -0.3 is 9.88 Å². The molecule has 148 valence electrons. The molecule has 0 bridgehead atoms. The highest BCUT2D eigenvalue weighted by Gasteiger charge is 2.16. The van der Waals surface area contributed by atoms with E-state index in [1.807, 2.05) is 35.5 Å². The predicted octanol–water partition coefficient (Wildman–Crippen LogP) is 3.71. The first-order valence-corrected chi connectivity index (χ1v) is 10.9. The maximum absolute atomic E-state index is 12.2. The average Bonchev–Trinajstić information content (AvgIpc) is 3.34. The lowest BCUT2D eigenvalue weighted by Gasteiger charge is -2.13. The van der Waals surface area contributed by atoms with Gasteiger partial charge in [0.2, 0.25) is 10.0 Å². The van der Waals surface area contributed by atoms with Crippen LogP contribution in [0.3, 0.4) is 0 Å². The van der Waals surface area contributed by atoms with Crippen LogP contribution in [0.1, 0.15) is 8.42 Å². The van der Waals surface area contributed by atoms with Crippen LogP contribution in [-0.2, 0) is 23.6 Å². The first-order chi connectivity index (χ1) is 13.5. The van der Waals surface area contributed by atoms with E-state index < -0.39 is 10.0 Å². The van der Waals surface area contributed by atoms with Crippen molar-refractivity contribution >= 4 is 37.3 Å². The van der Waals surface area contributed by atoms with Crippen LogP contribution >= 0.6 is 11.3 Å². The normalized spacial score (nSPS) is 11.8. The van der Waals surface area contributed by atoms with Gasteiger partial charge in [0.15, 0.2) is 0 Å². The molecule has 7 nitrogen and oxygen atoms in total. The molecule has 0 radical (unpaired) electrons. The van der Waals surface area contributed by atoms with Crippen LogP contribution in [0.2, 0.25) is 0 Å². The fourth-order valence-corrected chi connectivity index (χ4v) is 4.43. The first-order valence-electron chi connectivity index (χ1n) is 8.58. The summed E-state index contributed by atoms with van der Waals surface area (Å²) in [6, 6.07) is 11.2. The van der Waals surface area contributed by atoms with E-state index in [1.54, 1.807) is 35.9 Å². The van der Waals surface area contributed by atoms with Gasteiger partial charge in [0, 0.05) is 33.9 Å². The highest BCUT2D eigenvalue weighted by Crippen LogP contribution is 2.30. The number of hydrogen-bond acceptors (Lipinski definition) is 6. The Morgan fingerprint density at radius 2 is 2.04 bits per heavy atom. The molecule has 0 saturated heterocycles. The van der Waals surface area contributed by atoms with Crippen molar-refractivity contribution in [3.8, 4) is 11.3 Å². The molecule has 0 saturated carbocycles. The molecule has 0 amide bonds. The Labute approximate surface area is 170 Å². The molecule has 0 aliphatic rings. The Morgan fingerprint density at radius 1 is 1.18 bits per heavy atom. The van der Waals surface area contributed by atoms with Crippen LogP contribution in [0.4, 0.5) is 5.69 Å². The summed E-state index contributed by atoms with van der Waals surface area (Å²) < 4.78 is 29.8. The molecule has 2 heterocycles. The van der Waals surface area contributed by atoms with Crippen molar-refractivity contribution in [2.75, 3.05) is 12.4 Å². The van der Waals surface area contributed by atoms with E-state index in [-0.39, 0.29) is 7.75 Å². The zero-order valence-electron chi connectivity index (χ0n) is 15.4. The Morgan fingerprint density at radius 3 is 2.79 bits per heavy atom. The van der Waals surface area contributed by atoms with Crippen molar-refractivity contribution in [2.45, 2.75) is 11.4 Å². The van der Waals surface area contributed by atoms with E-state index >= 15 is 0 Å². The number of aromatic nitrogens is 3.